The van der Waals surface area contributed by atoms with Gasteiger partial charge in [-0.2, -0.15) is 0 Å². The molecule has 102 valence electrons. The van der Waals surface area contributed by atoms with Crippen molar-refractivity contribution in [2.75, 3.05) is 13.2 Å². The number of carbonyl (C=O) groups excluding carboxylic acids is 1. The monoisotopic (exact) mass is 251 g/mol. The van der Waals surface area contributed by atoms with E-state index in [1.54, 1.807) is 0 Å². The average molecular weight is 251 g/mol. The summed E-state index contributed by atoms with van der Waals surface area (Å²) in [6.45, 7) is 2.82. The molecular formula is C15H25NO2. The predicted molar refractivity (Wildman–Crippen MR) is 69.7 cm³/mol. The Hall–Kier alpha value is -0.570. The van der Waals surface area contributed by atoms with E-state index in [-0.39, 0.29) is 11.9 Å². The summed E-state index contributed by atoms with van der Waals surface area (Å²) < 4.78 is 5.23. The lowest BCUT2D eigenvalue weighted by Gasteiger charge is -2.55. The second-order valence-corrected chi connectivity index (χ2v) is 6.60. The molecule has 0 aromatic heterocycles. The van der Waals surface area contributed by atoms with Crippen LogP contribution in [0.4, 0.5) is 0 Å². The summed E-state index contributed by atoms with van der Waals surface area (Å²) >= 11 is 0. The van der Waals surface area contributed by atoms with E-state index in [0.717, 1.165) is 23.7 Å². The van der Waals surface area contributed by atoms with Crippen LogP contribution in [0.3, 0.4) is 0 Å². The van der Waals surface area contributed by atoms with Crippen LogP contribution in [0.5, 0.6) is 0 Å². The highest BCUT2D eigenvalue weighted by molar-refractivity contribution is 5.73. The molecule has 1 unspecified atom stereocenters. The molecule has 1 atom stereocenters. The van der Waals surface area contributed by atoms with Gasteiger partial charge in [-0.25, -0.2) is 0 Å². The molecule has 0 aromatic carbocycles. The van der Waals surface area contributed by atoms with Crippen LogP contribution in [0.25, 0.3) is 0 Å². The summed E-state index contributed by atoms with van der Waals surface area (Å²) in [4.78, 5) is 12.1. The molecule has 4 aliphatic carbocycles. The molecule has 0 aromatic rings. The van der Waals surface area contributed by atoms with Gasteiger partial charge in [-0.05, 0) is 68.6 Å². The molecule has 4 bridgehead atoms. The first-order valence-corrected chi connectivity index (χ1v) is 7.59. The lowest BCUT2D eigenvalue weighted by Crippen LogP contribution is -2.51. The molecule has 0 heterocycles. The Bertz CT molecular complexity index is 300. The Kier molecular flexibility index (Phi) is 3.35. The number of esters is 1. The van der Waals surface area contributed by atoms with Crippen molar-refractivity contribution < 1.29 is 9.53 Å². The molecule has 0 spiro atoms. The topological polar surface area (TPSA) is 52.3 Å². The molecule has 4 fully saturated rings. The van der Waals surface area contributed by atoms with Crippen LogP contribution in [0.2, 0.25) is 0 Å². The summed E-state index contributed by atoms with van der Waals surface area (Å²) in [6, 6.07) is 0. The minimum atomic E-state index is -0.0440. The van der Waals surface area contributed by atoms with Gasteiger partial charge in [0.25, 0.3) is 0 Å². The predicted octanol–water partition coefficient (Wildman–Crippen LogP) is 2.20. The van der Waals surface area contributed by atoms with Gasteiger partial charge in [-0.1, -0.05) is 0 Å². The average Bonchev–Trinajstić information content (AvgIpc) is 2.33. The second kappa shape index (κ2) is 4.84. The minimum Gasteiger partial charge on any atom is -0.466 e. The van der Waals surface area contributed by atoms with Crippen molar-refractivity contribution in [3.8, 4) is 0 Å². The van der Waals surface area contributed by atoms with E-state index in [0.29, 0.717) is 19.1 Å². The Morgan fingerprint density at radius 2 is 1.72 bits per heavy atom. The largest absolute Gasteiger partial charge is 0.466 e. The summed E-state index contributed by atoms with van der Waals surface area (Å²) in [6.07, 6.45) is 6.81. The van der Waals surface area contributed by atoms with Gasteiger partial charge >= 0.3 is 5.97 Å². The maximum Gasteiger partial charge on any atom is 0.310 e. The number of ether oxygens (including phenoxy) is 1. The van der Waals surface area contributed by atoms with Gasteiger partial charge in [0, 0.05) is 6.54 Å². The zero-order valence-electron chi connectivity index (χ0n) is 11.3. The van der Waals surface area contributed by atoms with E-state index < -0.39 is 0 Å². The molecule has 3 heteroatoms. The molecule has 4 rings (SSSR count). The lowest BCUT2D eigenvalue weighted by atomic mass is 9.49. The van der Waals surface area contributed by atoms with E-state index in [2.05, 4.69) is 0 Å². The van der Waals surface area contributed by atoms with Gasteiger partial charge in [0.15, 0.2) is 0 Å². The normalized spacial score (nSPS) is 42.9. The van der Waals surface area contributed by atoms with Gasteiger partial charge in [-0.3, -0.25) is 4.79 Å². The van der Waals surface area contributed by atoms with Crippen molar-refractivity contribution in [2.45, 2.75) is 39.0 Å². The van der Waals surface area contributed by atoms with Crippen LogP contribution in [0, 0.1) is 35.5 Å². The van der Waals surface area contributed by atoms with Crippen LogP contribution < -0.4 is 5.73 Å². The lowest BCUT2D eigenvalue weighted by molar-refractivity contribution is -0.156. The van der Waals surface area contributed by atoms with Gasteiger partial charge in [0.1, 0.15) is 0 Å². The van der Waals surface area contributed by atoms with Crippen LogP contribution in [-0.4, -0.2) is 19.1 Å². The molecule has 2 N–H and O–H groups in total. The van der Waals surface area contributed by atoms with E-state index in [1.807, 2.05) is 6.92 Å². The fourth-order valence-corrected chi connectivity index (χ4v) is 5.28. The first-order chi connectivity index (χ1) is 8.72. The SMILES string of the molecule is CCOC(=O)C(CN)C1C2CC3CC(C2)CC1C3. The van der Waals surface area contributed by atoms with Crippen molar-refractivity contribution in [2.24, 2.45) is 41.2 Å². The third-order valence-corrected chi connectivity index (χ3v) is 5.61. The van der Waals surface area contributed by atoms with Gasteiger partial charge in [0.05, 0.1) is 12.5 Å². The molecule has 3 nitrogen and oxygen atoms in total. The number of rotatable bonds is 4. The smallest absolute Gasteiger partial charge is 0.310 e. The molecule has 18 heavy (non-hydrogen) atoms. The van der Waals surface area contributed by atoms with Gasteiger partial charge in [0.2, 0.25) is 0 Å². The van der Waals surface area contributed by atoms with E-state index >= 15 is 0 Å². The first-order valence-electron chi connectivity index (χ1n) is 7.59. The summed E-state index contributed by atoms with van der Waals surface area (Å²) in [5, 5.41) is 0. The fourth-order valence-electron chi connectivity index (χ4n) is 5.28. The number of hydrogen-bond donors (Lipinski definition) is 1. The molecule has 0 saturated heterocycles. The van der Waals surface area contributed by atoms with Crippen molar-refractivity contribution in [3.05, 3.63) is 0 Å². The Labute approximate surface area is 109 Å². The molecule has 0 radical (unpaired) electrons. The number of hydrogen-bond acceptors (Lipinski definition) is 3. The highest BCUT2D eigenvalue weighted by Gasteiger charge is 2.51. The fraction of sp³-hybridized carbons (Fsp3) is 0.933. The quantitative estimate of drug-likeness (QED) is 0.779. The van der Waals surface area contributed by atoms with Crippen molar-refractivity contribution in [1.29, 1.82) is 0 Å². The molecule has 4 saturated carbocycles. The highest BCUT2D eigenvalue weighted by Crippen LogP contribution is 2.58. The van der Waals surface area contributed by atoms with Crippen LogP contribution in [0.1, 0.15) is 39.0 Å². The summed E-state index contributed by atoms with van der Waals surface area (Å²) in [5.41, 5.74) is 5.88. The molecule has 0 amide bonds. The Balaban J connectivity index is 1.76. The van der Waals surface area contributed by atoms with E-state index in [9.17, 15) is 4.79 Å². The Morgan fingerprint density at radius 1 is 1.17 bits per heavy atom. The summed E-state index contributed by atoms with van der Waals surface area (Å²) in [7, 11) is 0. The zero-order chi connectivity index (χ0) is 12.7. The minimum absolute atomic E-state index is 0.0417. The van der Waals surface area contributed by atoms with Gasteiger partial charge in [-0.15, -0.1) is 0 Å². The van der Waals surface area contributed by atoms with Crippen molar-refractivity contribution in [1.82, 2.24) is 0 Å². The van der Waals surface area contributed by atoms with Gasteiger partial charge < -0.3 is 10.5 Å². The number of carbonyl (C=O) groups is 1. The third-order valence-electron chi connectivity index (χ3n) is 5.61. The van der Waals surface area contributed by atoms with E-state index in [1.165, 1.54) is 32.1 Å². The maximum atomic E-state index is 12.1. The highest BCUT2D eigenvalue weighted by atomic mass is 16.5. The standard InChI is InChI=1S/C15H25NO2/c1-2-18-15(17)13(8-16)14-11-4-9-3-10(6-11)7-12(14)5-9/h9-14H,2-8,16H2,1H3. The van der Waals surface area contributed by atoms with E-state index in [4.69, 9.17) is 10.5 Å². The van der Waals surface area contributed by atoms with Crippen LogP contribution >= 0.6 is 0 Å². The van der Waals surface area contributed by atoms with Crippen LogP contribution in [0.15, 0.2) is 0 Å². The molecule has 0 aliphatic heterocycles. The molecular weight excluding hydrogens is 226 g/mol. The van der Waals surface area contributed by atoms with Crippen LogP contribution in [-0.2, 0) is 9.53 Å². The maximum absolute atomic E-state index is 12.1. The zero-order valence-corrected chi connectivity index (χ0v) is 11.3. The van der Waals surface area contributed by atoms with Crippen molar-refractivity contribution in [3.63, 3.8) is 0 Å². The second-order valence-electron chi connectivity index (χ2n) is 6.60. The Morgan fingerprint density at radius 3 is 2.17 bits per heavy atom. The first kappa shape index (κ1) is 12.5. The summed E-state index contributed by atoms with van der Waals surface area (Å²) in [5.74, 6) is 3.83. The van der Waals surface area contributed by atoms with Crippen molar-refractivity contribution >= 4 is 5.97 Å². The third kappa shape index (κ3) is 1.97. The molecule has 4 aliphatic rings. The number of nitrogens with two attached hydrogens (primary N) is 1.